The molecule has 2 fully saturated rings. The van der Waals surface area contributed by atoms with E-state index in [0.717, 1.165) is 24.3 Å². The Hall–Kier alpha value is -1.98. The van der Waals surface area contributed by atoms with E-state index in [4.69, 9.17) is 14.2 Å². The van der Waals surface area contributed by atoms with Crippen LogP contribution in [0.5, 0.6) is 5.75 Å². The highest BCUT2D eigenvalue weighted by Gasteiger charge is 2.29. The largest absolute Gasteiger partial charge is 0.490 e. The van der Waals surface area contributed by atoms with Crippen LogP contribution in [0.4, 0.5) is 8.78 Å². The predicted molar refractivity (Wildman–Crippen MR) is 130 cm³/mol. The lowest BCUT2D eigenvalue weighted by atomic mass is 9.77. The lowest BCUT2D eigenvalue weighted by Crippen LogP contribution is -2.26. The normalized spacial score (nSPS) is 25.3. The van der Waals surface area contributed by atoms with Gasteiger partial charge in [-0.15, -0.1) is 0 Å². The second-order valence-electron chi connectivity index (χ2n) is 9.85. The maximum absolute atomic E-state index is 14.6. The Labute approximate surface area is 202 Å². The van der Waals surface area contributed by atoms with Crippen molar-refractivity contribution in [1.82, 2.24) is 0 Å². The summed E-state index contributed by atoms with van der Waals surface area (Å²) >= 11 is 0. The maximum atomic E-state index is 14.6. The standard InChI is InChI=1S/C29H38F2O3/c1-3-5-17-32-26-16-15-25(27(30)28(26)31)29-33-18-24(19-34-29)23-13-11-22(12-14-23)21-9-7-20(6-4-2)8-10-21/h11-16,20-21,24,29H,3-10,17-19H2,1-2H3. The maximum Gasteiger partial charge on any atom is 0.201 e. The molecule has 2 aromatic carbocycles. The summed E-state index contributed by atoms with van der Waals surface area (Å²) < 4.78 is 46.1. The Kier molecular flexibility index (Phi) is 8.96. The first kappa shape index (κ1) is 25.1. The van der Waals surface area contributed by atoms with Crippen LogP contribution in [-0.2, 0) is 9.47 Å². The van der Waals surface area contributed by atoms with Crippen LogP contribution in [0.2, 0.25) is 0 Å². The molecular formula is C29H38F2O3. The average molecular weight is 473 g/mol. The van der Waals surface area contributed by atoms with E-state index < -0.39 is 17.9 Å². The first-order chi connectivity index (χ1) is 16.6. The Morgan fingerprint density at radius 2 is 1.44 bits per heavy atom. The molecule has 186 valence electrons. The molecule has 0 bridgehead atoms. The van der Waals surface area contributed by atoms with E-state index in [2.05, 4.69) is 31.2 Å². The average Bonchev–Trinajstić information content (AvgIpc) is 2.88. The summed E-state index contributed by atoms with van der Waals surface area (Å²) in [6.45, 7) is 5.47. The highest BCUT2D eigenvalue weighted by molar-refractivity contribution is 5.32. The molecule has 0 aromatic heterocycles. The molecule has 1 heterocycles. The van der Waals surface area contributed by atoms with Gasteiger partial charge in [0.2, 0.25) is 5.82 Å². The molecular weight excluding hydrogens is 434 g/mol. The molecule has 34 heavy (non-hydrogen) atoms. The predicted octanol–water partition coefficient (Wildman–Crippen LogP) is 8.05. The van der Waals surface area contributed by atoms with Crippen LogP contribution >= 0.6 is 0 Å². The Balaban J connectivity index is 1.31. The minimum absolute atomic E-state index is 0.0673. The molecule has 1 saturated heterocycles. The van der Waals surface area contributed by atoms with E-state index in [-0.39, 0.29) is 17.2 Å². The zero-order valence-electron chi connectivity index (χ0n) is 20.5. The molecule has 1 saturated carbocycles. The fourth-order valence-electron chi connectivity index (χ4n) is 5.28. The van der Waals surface area contributed by atoms with Crippen LogP contribution in [0, 0.1) is 17.6 Å². The molecule has 4 rings (SSSR count). The van der Waals surface area contributed by atoms with Gasteiger partial charge < -0.3 is 14.2 Å². The highest BCUT2D eigenvalue weighted by Crippen LogP contribution is 2.38. The van der Waals surface area contributed by atoms with Crippen LogP contribution in [-0.4, -0.2) is 19.8 Å². The summed E-state index contributed by atoms with van der Waals surface area (Å²) in [7, 11) is 0. The summed E-state index contributed by atoms with van der Waals surface area (Å²) in [6, 6.07) is 11.8. The first-order valence-corrected chi connectivity index (χ1v) is 13.0. The third kappa shape index (κ3) is 5.98. The number of rotatable bonds is 9. The van der Waals surface area contributed by atoms with Crippen LogP contribution in [0.3, 0.4) is 0 Å². The molecule has 0 atom stereocenters. The Morgan fingerprint density at radius 3 is 2.06 bits per heavy atom. The summed E-state index contributed by atoms with van der Waals surface area (Å²) in [4.78, 5) is 0. The number of hydrogen-bond donors (Lipinski definition) is 0. The molecule has 1 aliphatic heterocycles. The van der Waals surface area contributed by atoms with Gasteiger partial charge in [0, 0.05) is 11.5 Å². The summed E-state index contributed by atoms with van der Waals surface area (Å²) in [5, 5.41) is 0. The van der Waals surface area contributed by atoms with E-state index >= 15 is 0 Å². The smallest absolute Gasteiger partial charge is 0.201 e. The van der Waals surface area contributed by atoms with Gasteiger partial charge in [0.1, 0.15) is 0 Å². The van der Waals surface area contributed by atoms with E-state index in [9.17, 15) is 8.78 Å². The van der Waals surface area contributed by atoms with E-state index in [0.29, 0.717) is 25.7 Å². The minimum atomic E-state index is -0.984. The molecule has 0 amide bonds. The van der Waals surface area contributed by atoms with Crippen molar-refractivity contribution in [3.05, 3.63) is 64.7 Å². The third-order valence-corrected chi connectivity index (χ3v) is 7.41. The van der Waals surface area contributed by atoms with Gasteiger partial charge >= 0.3 is 0 Å². The minimum Gasteiger partial charge on any atom is -0.490 e. The van der Waals surface area contributed by atoms with E-state index in [1.54, 1.807) is 0 Å². The molecule has 2 aromatic rings. The lowest BCUT2D eigenvalue weighted by Gasteiger charge is -2.31. The van der Waals surface area contributed by atoms with Crippen LogP contribution in [0.25, 0.3) is 0 Å². The molecule has 0 radical (unpaired) electrons. The van der Waals surface area contributed by atoms with Gasteiger partial charge in [0.05, 0.1) is 19.8 Å². The number of ether oxygens (including phenoxy) is 3. The molecule has 1 aliphatic carbocycles. The molecule has 0 spiro atoms. The summed E-state index contributed by atoms with van der Waals surface area (Å²) in [5.74, 6) is -0.361. The fraction of sp³-hybridized carbons (Fsp3) is 0.586. The van der Waals surface area contributed by atoms with E-state index in [1.165, 1.54) is 56.2 Å². The van der Waals surface area contributed by atoms with Crippen LogP contribution < -0.4 is 4.74 Å². The van der Waals surface area contributed by atoms with Gasteiger partial charge in [0.25, 0.3) is 0 Å². The SMILES string of the molecule is CCCCOc1ccc(C2OCC(c3ccc(C4CCC(CCC)CC4)cc3)CO2)c(F)c1F. The number of hydrogen-bond acceptors (Lipinski definition) is 3. The first-order valence-electron chi connectivity index (χ1n) is 13.0. The highest BCUT2D eigenvalue weighted by atomic mass is 19.2. The second-order valence-corrected chi connectivity index (χ2v) is 9.85. The van der Waals surface area contributed by atoms with Crippen molar-refractivity contribution in [2.45, 2.75) is 83.3 Å². The van der Waals surface area contributed by atoms with Gasteiger partial charge in [-0.3, -0.25) is 0 Å². The summed E-state index contributed by atoms with van der Waals surface area (Å²) in [6.07, 6.45) is 8.71. The topological polar surface area (TPSA) is 27.7 Å². The Morgan fingerprint density at radius 1 is 0.794 bits per heavy atom. The van der Waals surface area contributed by atoms with Crippen molar-refractivity contribution in [3.63, 3.8) is 0 Å². The molecule has 2 aliphatic rings. The zero-order chi connectivity index (χ0) is 23.9. The summed E-state index contributed by atoms with van der Waals surface area (Å²) in [5.41, 5.74) is 2.66. The van der Waals surface area contributed by atoms with Gasteiger partial charge in [-0.1, -0.05) is 57.4 Å². The van der Waals surface area contributed by atoms with Crippen molar-refractivity contribution >= 4 is 0 Å². The van der Waals surface area contributed by atoms with Gasteiger partial charge in [-0.2, -0.15) is 4.39 Å². The van der Waals surface area contributed by atoms with Gasteiger partial charge in [-0.05, 0) is 67.2 Å². The molecule has 5 heteroatoms. The van der Waals surface area contributed by atoms with E-state index in [1.807, 2.05) is 6.92 Å². The number of halogens is 2. The van der Waals surface area contributed by atoms with Crippen molar-refractivity contribution in [2.75, 3.05) is 19.8 Å². The van der Waals surface area contributed by atoms with Crippen molar-refractivity contribution in [1.29, 1.82) is 0 Å². The van der Waals surface area contributed by atoms with Gasteiger partial charge in [0.15, 0.2) is 17.9 Å². The van der Waals surface area contributed by atoms with Gasteiger partial charge in [-0.25, -0.2) is 4.39 Å². The lowest BCUT2D eigenvalue weighted by molar-refractivity contribution is -0.193. The monoisotopic (exact) mass is 472 g/mol. The zero-order valence-corrected chi connectivity index (χ0v) is 20.5. The molecule has 3 nitrogen and oxygen atoms in total. The number of benzene rings is 2. The fourth-order valence-corrected chi connectivity index (χ4v) is 5.28. The van der Waals surface area contributed by atoms with Crippen LogP contribution in [0.1, 0.15) is 100 Å². The van der Waals surface area contributed by atoms with Crippen molar-refractivity contribution < 1.29 is 23.0 Å². The van der Waals surface area contributed by atoms with Crippen LogP contribution in [0.15, 0.2) is 36.4 Å². The Bertz CT molecular complexity index is 898. The van der Waals surface area contributed by atoms with Crippen molar-refractivity contribution in [3.8, 4) is 5.75 Å². The quantitative estimate of drug-likeness (QED) is 0.346. The third-order valence-electron chi connectivity index (χ3n) is 7.41. The molecule has 0 N–H and O–H groups in total. The second kappa shape index (κ2) is 12.1. The molecule has 0 unspecified atom stereocenters. The number of unbranched alkanes of at least 4 members (excludes halogenated alkanes) is 1. The van der Waals surface area contributed by atoms with Crippen molar-refractivity contribution in [2.24, 2.45) is 5.92 Å².